The van der Waals surface area contributed by atoms with E-state index in [0.717, 1.165) is 12.0 Å². The molecule has 1 atom stereocenters. The molecule has 1 unspecified atom stereocenters. The highest BCUT2D eigenvalue weighted by atomic mass is 32.1. The summed E-state index contributed by atoms with van der Waals surface area (Å²) in [6.07, 6.45) is 0.889. The van der Waals surface area contributed by atoms with Crippen LogP contribution in [0.5, 0.6) is 17.2 Å². The third-order valence-electron chi connectivity index (χ3n) is 3.49. The van der Waals surface area contributed by atoms with Crippen LogP contribution in [0.3, 0.4) is 0 Å². The molecule has 4 nitrogen and oxygen atoms in total. The van der Waals surface area contributed by atoms with Crippen LogP contribution in [0.25, 0.3) is 0 Å². The maximum absolute atomic E-state index is 5.98. The summed E-state index contributed by atoms with van der Waals surface area (Å²) >= 11 is 1.74. The molecule has 0 aliphatic rings. The number of methoxy groups -OCH3 is 3. The molecule has 0 radical (unpaired) electrons. The van der Waals surface area contributed by atoms with E-state index in [-0.39, 0.29) is 5.92 Å². The van der Waals surface area contributed by atoms with Crippen molar-refractivity contribution in [2.75, 3.05) is 27.9 Å². The van der Waals surface area contributed by atoms with E-state index in [1.54, 1.807) is 32.7 Å². The molecule has 0 saturated heterocycles. The van der Waals surface area contributed by atoms with Crippen molar-refractivity contribution < 1.29 is 14.2 Å². The number of hydrogen-bond acceptors (Lipinski definition) is 5. The molecule has 21 heavy (non-hydrogen) atoms. The van der Waals surface area contributed by atoms with Crippen LogP contribution in [0.1, 0.15) is 16.4 Å². The second-order valence-corrected chi connectivity index (χ2v) is 5.67. The van der Waals surface area contributed by atoms with Gasteiger partial charge in [-0.1, -0.05) is 12.1 Å². The van der Waals surface area contributed by atoms with Crippen molar-refractivity contribution >= 4 is 11.3 Å². The summed E-state index contributed by atoms with van der Waals surface area (Å²) in [5.74, 6) is 2.15. The number of hydrogen-bond donors (Lipinski definition) is 1. The van der Waals surface area contributed by atoms with Gasteiger partial charge < -0.3 is 19.9 Å². The fourth-order valence-corrected chi connectivity index (χ4v) is 3.22. The highest BCUT2D eigenvalue weighted by molar-refractivity contribution is 7.09. The minimum atomic E-state index is 0.179. The Balaban J connectivity index is 2.40. The van der Waals surface area contributed by atoms with Gasteiger partial charge in [-0.05, 0) is 30.5 Å². The molecule has 114 valence electrons. The Kier molecular flexibility index (Phi) is 5.47. The molecule has 0 saturated carbocycles. The highest BCUT2D eigenvalue weighted by Gasteiger charge is 2.22. The van der Waals surface area contributed by atoms with Crippen molar-refractivity contribution in [1.29, 1.82) is 0 Å². The summed E-state index contributed by atoms with van der Waals surface area (Å²) in [4.78, 5) is 1.31. The zero-order valence-electron chi connectivity index (χ0n) is 12.6. The van der Waals surface area contributed by atoms with Gasteiger partial charge in [0.1, 0.15) is 0 Å². The summed E-state index contributed by atoms with van der Waals surface area (Å²) in [7, 11) is 4.86. The first-order valence-corrected chi connectivity index (χ1v) is 7.64. The molecule has 1 heterocycles. The topological polar surface area (TPSA) is 53.7 Å². The molecule has 0 aliphatic carbocycles. The number of benzene rings is 1. The van der Waals surface area contributed by atoms with Gasteiger partial charge in [0, 0.05) is 16.4 Å². The van der Waals surface area contributed by atoms with Crippen molar-refractivity contribution in [1.82, 2.24) is 0 Å². The van der Waals surface area contributed by atoms with Crippen molar-refractivity contribution in [2.24, 2.45) is 5.73 Å². The normalized spacial score (nSPS) is 12.0. The first kappa shape index (κ1) is 15.7. The lowest BCUT2D eigenvalue weighted by molar-refractivity contribution is 0.320. The SMILES string of the molecule is COc1ccc(C(CN)Cc2cccs2)c(OC)c1OC. The van der Waals surface area contributed by atoms with Crippen LogP contribution in [0.15, 0.2) is 29.6 Å². The molecule has 2 N–H and O–H groups in total. The average Bonchev–Trinajstić information content (AvgIpc) is 3.04. The summed E-state index contributed by atoms with van der Waals surface area (Å²) in [6, 6.07) is 8.08. The molecule has 5 heteroatoms. The summed E-state index contributed by atoms with van der Waals surface area (Å²) < 4.78 is 16.3. The molecule has 2 aromatic rings. The zero-order valence-corrected chi connectivity index (χ0v) is 13.4. The lowest BCUT2D eigenvalue weighted by Crippen LogP contribution is -2.16. The molecule has 0 fully saturated rings. The Morgan fingerprint density at radius 1 is 1.05 bits per heavy atom. The maximum Gasteiger partial charge on any atom is 0.203 e. The van der Waals surface area contributed by atoms with Crippen LogP contribution < -0.4 is 19.9 Å². The second-order valence-electron chi connectivity index (χ2n) is 4.64. The van der Waals surface area contributed by atoms with Gasteiger partial charge in [-0.25, -0.2) is 0 Å². The first-order chi connectivity index (χ1) is 10.2. The third-order valence-corrected chi connectivity index (χ3v) is 4.39. The standard InChI is InChI=1S/C16H21NO3S/c1-18-14-7-6-13(15(19-2)16(14)20-3)11(10-17)9-12-5-4-8-21-12/h4-8,11H,9-10,17H2,1-3H3. The molecular formula is C16H21NO3S. The van der Waals surface area contributed by atoms with Gasteiger partial charge in [0.25, 0.3) is 0 Å². The molecule has 2 rings (SSSR count). The fraction of sp³-hybridized carbons (Fsp3) is 0.375. The van der Waals surface area contributed by atoms with Crippen molar-refractivity contribution in [3.05, 3.63) is 40.1 Å². The molecule has 0 aliphatic heterocycles. The predicted molar refractivity (Wildman–Crippen MR) is 85.9 cm³/mol. The molecule has 0 amide bonds. The fourth-order valence-electron chi connectivity index (χ4n) is 2.44. The Morgan fingerprint density at radius 3 is 2.33 bits per heavy atom. The van der Waals surface area contributed by atoms with E-state index in [0.29, 0.717) is 23.8 Å². The smallest absolute Gasteiger partial charge is 0.203 e. The number of thiophene rings is 1. The van der Waals surface area contributed by atoms with Crippen LogP contribution in [0.4, 0.5) is 0 Å². The van der Waals surface area contributed by atoms with Gasteiger partial charge in [-0.15, -0.1) is 11.3 Å². The predicted octanol–water partition coefficient (Wildman–Crippen LogP) is 3.06. The largest absolute Gasteiger partial charge is 0.493 e. The second kappa shape index (κ2) is 7.33. The van der Waals surface area contributed by atoms with Gasteiger partial charge in [0.2, 0.25) is 5.75 Å². The average molecular weight is 307 g/mol. The van der Waals surface area contributed by atoms with Crippen LogP contribution in [-0.2, 0) is 6.42 Å². The summed E-state index contributed by atoms with van der Waals surface area (Å²) in [6.45, 7) is 0.545. The van der Waals surface area contributed by atoms with E-state index in [1.807, 2.05) is 12.1 Å². The van der Waals surface area contributed by atoms with E-state index in [2.05, 4.69) is 17.5 Å². The van der Waals surface area contributed by atoms with Gasteiger partial charge >= 0.3 is 0 Å². The highest BCUT2D eigenvalue weighted by Crippen LogP contribution is 2.43. The Hall–Kier alpha value is -1.72. The lowest BCUT2D eigenvalue weighted by Gasteiger charge is -2.21. The molecular weight excluding hydrogens is 286 g/mol. The van der Waals surface area contributed by atoms with Crippen LogP contribution in [0, 0.1) is 0 Å². The molecule has 1 aromatic carbocycles. The lowest BCUT2D eigenvalue weighted by atomic mass is 9.93. The van der Waals surface area contributed by atoms with Gasteiger partial charge in [-0.2, -0.15) is 0 Å². The third kappa shape index (κ3) is 3.31. The Morgan fingerprint density at radius 2 is 1.81 bits per heavy atom. The van der Waals surface area contributed by atoms with Gasteiger partial charge in [0.15, 0.2) is 11.5 Å². The van der Waals surface area contributed by atoms with Gasteiger partial charge in [-0.3, -0.25) is 0 Å². The van der Waals surface area contributed by atoms with E-state index in [1.165, 1.54) is 4.88 Å². The molecule has 0 spiro atoms. The molecule has 1 aromatic heterocycles. The van der Waals surface area contributed by atoms with E-state index < -0.39 is 0 Å². The summed E-state index contributed by atoms with van der Waals surface area (Å²) in [5.41, 5.74) is 7.03. The van der Waals surface area contributed by atoms with E-state index in [4.69, 9.17) is 19.9 Å². The monoisotopic (exact) mass is 307 g/mol. The van der Waals surface area contributed by atoms with Crippen LogP contribution in [-0.4, -0.2) is 27.9 Å². The number of ether oxygens (including phenoxy) is 3. The van der Waals surface area contributed by atoms with Crippen molar-refractivity contribution in [3.63, 3.8) is 0 Å². The van der Waals surface area contributed by atoms with Crippen molar-refractivity contribution in [2.45, 2.75) is 12.3 Å². The number of nitrogens with two attached hydrogens (primary N) is 1. The van der Waals surface area contributed by atoms with Crippen LogP contribution >= 0.6 is 11.3 Å². The van der Waals surface area contributed by atoms with E-state index in [9.17, 15) is 0 Å². The Labute approximate surface area is 129 Å². The minimum absolute atomic E-state index is 0.179. The molecule has 0 bridgehead atoms. The quantitative estimate of drug-likeness (QED) is 0.854. The zero-order chi connectivity index (χ0) is 15.2. The van der Waals surface area contributed by atoms with E-state index >= 15 is 0 Å². The number of rotatable bonds is 7. The van der Waals surface area contributed by atoms with Crippen LogP contribution in [0.2, 0.25) is 0 Å². The van der Waals surface area contributed by atoms with Gasteiger partial charge in [0.05, 0.1) is 21.3 Å². The summed E-state index contributed by atoms with van der Waals surface area (Å²) in [5, 5.41) is 2.08. The minimum Gasteiger partial charge on any atom is -0.493 e. The first-order valence-electron chi connectivity index (χ1n) is 6.76. The maximum atomic E-state index is 5.98. The van der Waals surface area contributed by atoms with Crippen molar-refractivity contribution in [3.8, 4) is 17.2 Å². The Bertz CT molecular complexity index is 569.